The summed E-state index contributed by atoms with van der Waals surface area (Å²) in [5.74, 6) is 0.495. The molecule has 0 fully saturated rings. The molecule has 0 unspecified atom stereocenters. The van der Waals surface area contributed by atoms with Gasteiger partial charge in [0.05, 0.1) is 27.6 Å². The summed E-state index contributed by atoms with van der Waals surface area (Å²) < 4.78 is 38.1. The van der Waals surface area contributed by atoms with Gasteiger partial charge < -0.3 is 10.3 Å². The first kappa shape index (κ1) is 18.3. The number of fused-ring (bicyclic) bond motifs is 1. The lowest BCUT2D eigenvalue weighted by atomic mass is 10.2. The van der Waals surface area contributed by atoms with Crippen LogP contribution < -0.4 is 5.32 Å². The van der Waals surface area contributed by atoms with Crippen LogP contribution >= 0.6 is 11.8 Å². The molecule has 4 nitrogen and oxygen atoms in total. The van der Waals surface area contributed by atoms with E-state index in [1.165, 1.54) is 23.9 Å². The molecule has 3 aromatic rings. The Morgan fingerprint density at radius 3 is 2.73 bits per heavy atom. The summed E-state index contributed by atoms with van der Waals surface area (Å²) in [6, 6.07) is 12.2. The van der Waals surface area contributed by atoms with Gasteiger partial charge in [0.15, 0.2) is 0 Å². The van der Waals surface area contributed by atoms with Crippen LogP contribution in [0, 0.1) is 0 Å². The zero-order valence-electron chi connectivity index (χ0n) is 13.8. The van der Waals surface area contributed by atoms with Crippen molar-refractivity contribution in [1.29, 1.82) is 0 Å². The highest BCUT2D eigenvalue weighted by Gasteiger charge is 2.30. The highest BCUT2D eigenvalue weighted by molar-refractivity contribution is 8.00. The summed E-state index contributed by atoms with van der Waals surface area (Å²) in [5.41, 5.74) is 1.10. The number of anilines is 1. The second-order valence-corrected chi connectivity index (χ2v) is 7.05. The van der Waals surface area contributed by atoms with Crippen LogP contribution in [0.1, 0.15) is 23.6 Å². The minimum atomic E-state index is -4.44. The lowest BCUT2D eigenvalue weighted by Crippen LogP contribution is -2.15. The average Bonchev–Trinajstić information content (AvgIpc) is 3.03. The molecule has 0 radical (unpaired) electrons. The Labute approximate surface area is 152 Å². The van der Waals surface area contributed by atoms with E-state index in [0.717, 1.165) is 29.0 Å². The molecule has 2 N–H and O–H groups in total. The van der Waals surface area contributed by atoms with E-state index in [0.29, 0.717) is 0 Å². The van der Waals surface area contributed by atoms with Crippen molar-refractivity contribution >= 4 is 34.4 Å². The molecule has 1 aromatic heterocycles. The Bertz CT molecular complexity index is 890. The summed E-state index contributed by atoms with van der Waals surface area (Å²) >= 11 is 1.35. The number of H-pyrrole nitrogens is 1. The van der Waals surface area contributed by atoms with Crippen LogP contribution in [0.5, 0.6) is 0 Å². The van der Waals surface area contributed by atoms with Crippen LogP contribution in [-0.4, -0.2) is 21.6 Å². The van der Waals surface area contributed by atoms with E-state index in [4.69, 9.17) is 0 Å². The largest absolute Gasteiger partial charge is 0.416 e. The molecule has 3 rings (SSSR count). The number of thioether (sulfide) groups is 1. The zero-order valence-corrected chi connectivity index (χ0v) is 14.6. The second-order valence-electron chi connectivity index (χ2n) is 5.72. The van der Waals surface area contributed by atoms with Gasteiger partial charge in [-0.15, -0.1) is 11.8 Å². The van der Waals surface area contributed by atoms with Gasteiger partial charge >= 0.3 is 6.18 Å². The van der Waals surface area contributed by atoms with Crippen LogP contribution in [0.4, 0.5) is 18.9 Å². The Balaban J connectivity index is 1.58. The molecule has 136 valence electrons. The van der Waals surface area contributed by atoms with Gasteiger partial charge in [0.2, 0.25) is 5.91 Å². The van der Waals surface area contributed by atoms with E-state index in [2.05, 4.69) is 15.3 Å². The van der Waals surface area contributed by atoms with Crippen LogP contribution in [0.25, 0.3) is 11.0 Å². The minimum Gasteiger partial charge on any atom is -0.341 e. The minimum absolute atomic E-state index is 0.0605. The van der Waals surface area contributed by atoms with Crippen molar-refractivity contribution in [3.05, 3.63) is 59.9 Å². The maximum atomic E-state index is 12.7. The fourth-order valence-corrected chi connectivity index (χ4v) is 3.16. The predicted octanol–water partition coefficient (Wildman–Crippen LogP) is 5.01. The zero-order chi connectivity index (χ0) is 18.7. The van der Waals surface area contributed by atoms with E-state index >= 15 is 0 Å². The Morgan fingerprint density at radius 2 is 2.00 bits per heavy atom. The molecule has 26 heavy (non-hydrogen) atoms. The van der Waals surface area contributed by atoms with E-state index in [1.54, 1.807) is 0 Å². The molecule has 0 spiro atoms. The second kappa shape index (κ2) is 7.41. The first-order valence-electron chi connectivity index (χ1n) is 7.86. The number of benzene rings is 2. The molecule has 0 aliphatic rings. The smallest absolute Gasteiger partial charge is 0.341 e. The first-order valence-corrected chi connectivity index (χ1v) is 8.91. The maximum Gasteiger partial charge on any atom is 0.416 e. The Hall–Kier alpha value is -2.48. The Kier molecular flexibility index (Phi) is 5.22. The number of para-hydroxylation sites is 2. The highest BCUT2D eigenvalue weighted by Crippen LogP contribution is 2.31. The van der Waals surface area contributed by atoms with Gasteiger partial charge in [-0.25, -0.2) is 4.98 Å². The third-order valence-electron chi connectivity index (χ3n) is 3.73. The molecule has 1 heterocycles. The van der Waals surface area contributed by atoms with Crippen LogP contribution in [-0.2, 0) is 11.0 Å². The third kappa shape index (κ3) is 4.37. The molecule has 0 saturated heterocycles. The summed E-state index contributed by atoms with van der Waals surface area (Å²) in [5, 5.41) is 2.44. The molecular weight excluding hydrogens is 363 g/mol. The Morgan fingerprint density at radius 1 is 1.23 bits per heavy atom. The van der Waals surface area contributed by atoms with Gasteiger partial charge in [-0.05, 0) is 37.3 Å². The van der Waals surface area contributed by atoms with E-state index in [-0.39, 0.29) is 22.6 Å². The summed E-state index contributed by atoms with van der Waals surface area (Å²) in [6.45, 7) is 1.92. The van der Waals surface area contributed by atoms with Crippen molar-refractivity contribution in [2.75, 3.05) is 11.1 Å². The molecular formula is C18H16F3N3OS. The third-order valence-corrected chi connectivity index (χ3v) is 4.88. The van der Waals surface area contributed by atoms with Crippen LogP contribution in [0.3, 0.4) is 0 Å². The van der Waals surface area contributed by atoms with Crippen molar-refractivity contribution in [3.63, 3.8) is 0 Å². The molecule has 1 atom stereocenters. The van der Waals surface area contributed by atoms with Crippen molar-refractivity contribution < 1.29 is 18.0 Å². The summed E-state index contributed by atoms with van der Waals surface area (Å²) in [7, 11) is 0. The number of nitrogens with zero attached hydrogens (tertiary/aromatic N) is 1. The molecule has 0 aliphatic carbocycles. The first-order chi connectivity index (χ1) is 12.3. The van der Waals surface area contributed by atoms with Crippen LogP contribution in [0.15, 0.2) is 48.5 Å². The molecule has 0 saturated carbocycles. The van der Waals surface area contributed by atoms with Gasteiger partial charge in [0, 0.05) is 5.69 Å². The van der Waals surface area contributed by atoms with Gasteiger partial charge in [-0.2, -0.15) is 13.2 Å². The number of hydrogen-bond acceptors (Lipinski definition) is 3. The number of nitrogens with one attached hydrogen (secondary N) is 2. The molecule has 8 heteroatoms. The fourth-order valence-electron chi connectivity index (χ4n) is 2.42. The van der Waals surface area contributed by atoms with Crippen molar-refractivity contribution in [2.45, 2.75) is 18.3 Å². The van der Waals surface area contributed by atoms with Crippen LogP contribution in [0.2, 0.25) is 0 Å². The van der Waals surface area contributed by atoms with E-state index in [1.807, 2.05) is 31.2 Å². The van der Waals surface area contributed by atoms with E-state index < -0.39 is 11.7 Å². The van der Waals surface area contributed by atoms with Crippen molar-refractivity contribution in [1.82, 2.24) is 9.97 Å². The number of alkyl halides is 3. The number of amides is 1. The number of aromatic nitrogens is 2. The molecule has 0 bridgehead atoms. The summed E-state index contributed by atoms with van der Waals surface area (Å²) in [4.78, 5) is 19.7. The number of carbonyl (C=O) groups is 1. The fraction of sp³-hybridized carbons (Fsp3) is 0.222. The van der Waals surface area contributed by atoms with E-state index in [9.17, 15) is 18.0 Å². The monoisotopic (exact) mass is 379 g/mol. The number of carbonyl (C=O) groups excluding carboxylic acids is 1. The van der Waals surface area contributed by atoms with Gasteiger partial charge in [-0.1, -0.05) is 18.2 Å². The summed E-state index contributed by atoms with van der Waals surface area (Å²) in [6.07, 6.45) is -4.44. The standard InChI is InChI=1S/C18H16F3N3OS/c1-11(17-23-14-7-2-3-8-15(14)24-17)26-10-16(25)22-13-6-4-5-12(9-13)18(19,20)21/h2-9,11H,10H2,1H3,(H,22,25)(H,23,24)/t11-/m1/s1. The number of aromatic amines is 1. The van der Waals surface area contributed by atoms with Crippen molar-refractivity contribution in [3.8, 4) is 0 Å². The van der Waals surface area contributed by atoms with Gasteiger partial charge in [0.1, 0.15) is 5.82 Å². The number of rotatable bonds is 5. The normalized spacial score (nSPS) is 12.9. The quantitative estimate of drug-likeness (QED) is 0.655. The molecule has 1 amide bonds. The van der Waals surface area contributed by atoms with Gasteiger partial charge in [0.25, 0.3) is 0 Å². The number of halogens is 3. The topological polar surface area (TPSA) is 57.8 Å². The van der Waals surface area contributed by atoms with Crippen molar-refractivity contribution in [2.24, 2.45) is 0 Å². The number of hydrogen-bond donors (Lipinski definition) is 2. The average molecular weight is 379 g/mol. The lowest BCUT2D eigenvalue weighted by molar-refractivity contribution is -0.137. The predicted molar refractivity (Wildman–Crippen MR) is 97.0 cm³/mol. The molecule has 2 aromatic carbocycles. The lowest BCUT2D eigenvalue weighted by Gasteiger charge is -2.11. The molecule has 0 aliphatic heterocycles. The highest BCUT2D eigenvalue weighted by atomic mass is 32.2. The number of imidazole rings is 1. The maximum absolute atomic E-state index is 12.7. The van der Waals surface area contributed by atoms with Gasteiger partial charge in [-0.3, -0.25) is 4.79 Å². The SMILES string of the molecule is C[C@@H](SCC(=O)Nc1cccc(C(F)(F)F)c1)c1nc2ccccc2[nH]1.